The van der Waals surface area contributed by atoms with Gasteiger partial charge in [0.2, 0.25) is 0 Å². The van der Waals surface area contributed by atoms with Gasteiger partial charge in [-0.15, -0.1) is 0 Å². The van der Waals surface area contributed by atoms with E-state index in [1.807, 2.05) is 7.05 Å². The van der Waals surface area contributed by atoms with E-state index in [2.05, 4.69) is 45.9 Å². The second kappa shape index (κ2) is 6.14. The third-order valence-electron chi connectivity index (χ3n) is 2.28. The molecule has 90 valence electrons. The van der Waals surface area contributed by atoms with Gasteiger partial charge in [0.1, 0.15) is 5.82 Å². The minimum Gasteiger partial charge on any atom is -0.316 e. The molecule has 1 heterocycles. The lowest BCUT2D eigenvalue weighted by Crippen LogP contribution is -2.04. The van der Waals surface area contributed by atoms with Crippen LogP contribution in [0.15, 0.2) is 33.5 Å². The minimum atomic E-state index is 0.901. The van der Waals surface area contributed by atoms with Crippen molar-refractivity contribution in [3.8, 4) is 0 Å². The maximum absolute atomic E-state index is 4.44. The van der Waals surface area contributed by atoms with Gasteiger partial charge in [-0.3, -0.25) is 0 Å². The number of hydrogen-bond acceptors (Lipinski definition) is 5. The smallest absolute Gasteiger partial charge is 0.174 e. The van der Waals surface area contributed by atoms with Crippen LogP contribution in [0.25, 0.3) is 0 Å². The van der Waals surface area contributed by atoms with Gasteiger partial charge in [-0.25, -0.2) is 4.98 Å². The maximum atomic E-state index is 4.44. The van der Waals surface area contributed by atoms with Crippen LogP contribution in [0.4, 0.5) is 0 Å². The Bertz CT molecular complexity index is 465. The van der Waals surface area contributed by atoms with E-state index in [4.69, 9.17) is 0 Å². The first-order valence-electron chi connectivity index (χ1n) is 5.55. The van der Waals surface area contributed by atoms with Gasteiger partial charge in [-0.05, 0) is 36.3 Å². The predicted octanol–water partition coefficient (Wildman–Crippen LogP) is 2.97. The standard InChI is InChI=1S/C12H15N3S2/c1-3-11-14-12(17-15-11)16-10-6-4-9(5-7-10)8-13-2/h4-7,13H,3,8H2,1-2H3. The highest BCUT2D eigenvalue weighted by atomic mass is 32.2. The summed E-state index contributed by atoms with van der Waals surface area (Å²) >= 11 is 3.15. The third kappa shape index (κ3) is 3.52. The SMILES string of the molecule is CCc1nsc(Sc2ccc(CNC)cc2)n1. The van der Waals surface area contributed by atoms with E-state index in [-0.39, 0.29) is 0 Å². The zero-order valence-electron chi connectivity index (χ0n) is 9.93. The van der Waals surface area contributed by atoms with Crippen molar-refractivity contribution in [2.75, 3.05) is 7.05 Å². The van der Waals surface area contributed by atoms with E-state index in [0.29, 0.717) is 0 Å². The lowest BCUT2D eigenvalue weighted by Gasteiger charge is -2.01. The molecule has 0 spiro atoms. The number of hydrogen-bond donors (Lipinski definition) is 1. The Morgan fingerprint density at radius 1 is 1.29 bits per heavy atom. The quantitative estimate of drug-likeness (QED) is 0.902. The molecule has 2 aromatic rings. The molecule has 0 atom stereocenters. The van der Waals surface area contributed by atoms with E-state index >= 15 is 0 Å². The van der Waals surface area contributed by atoms with E-state index in [1.54, 1.807) is 11.8 Å². The van der Waals surface area contributed by atoms with Crippen molar-refractivity contribution in [3.05, 3.63) is 35.7 Å². The van der Waals surface area contributed by atoms with Gasteiger partial charge in [0.05, 0.1) is 0 Å². The summed E-state index contributed by atoms with van der Waals surface area (Å²) in [6.45, 7) is 2.98. The lowest BCUT2D eigenvalue weighted by molar-refractivity contribution is 0.817. The van der Waals surface area contributed by atoms with Crippen molar-refractivity contribution in [1.82, 2.24) is 14.7 Å². The fourth-order valence-electron chi connectivity index (χ4n) is 1.40. The van der Waals surface area contributed by atoms with Gasteiger partial charge < -0.3 is 5.32 Å². The van der Waals surface area contributed by atoms with Crippen molar-refractivity contribution >= 4 is 23.3 Å². The Hall–Kier alpha value is -0.910. The monoisotopic (exact) mass is 265 g/mol. The summed E-state index contributed by atoms with van der Waals surface area (Å²) in [7, 11) is 1.95. The average molecular weight is 265 g/mol. The van der Waals surface area contributed by atoms with Gasteiger partial charge in [0.15, 0.2) is 4.34 Å². The Kier molecular flexibility index (Phi) is 4.53. The highest BCUT2D eigenvalue weighted by Gasteiger charge is 2.04. The summed E-state index contributed by atoms with van der Waals surface area (Å²) in [6.07, 6.45) is 0.901. The minimum absolute atomic E-state index is 0.901. The van der Waals surface area contributed by atoms with Crippen LogP contribution in [-0.2, 0) is 13.0 Å². The summed E-state index contributed by atoms with van der Waals surface area (Å²) in [6, 6.07) is 8.54. The van der Waals surface area contributed by atoms with Crippen molar-refractivity contribution in [3.63, 3.8) is 0 Å². The van der Waals surface area contributed by atoms with Crippen LogP contribution in [0.3, 0.4) is 0 Å². The molecule has 0 fully saturated rings. The van der Waals surface area contributed by atoms with Gasteiger partial charge in [0.25, 0.3) is 0 Å². The fraction of sp³-hybridized carbons (Fsp3) is 0.333. The van der Waals surface area contributed by atoms with Crippen LogP contribution in [0.1, 0.15) is 18.3 Å². The molecular formula is C12H15N3S2. The summed E-state index contributed by atoms with van der Waals surface area (Å²) in [5, 5.41) is 3.14. The molecule has 5 heteroatoms. The molecule has 17 heavy (non-hydrogen) atoms. The number of aryl methyl sites for hydroxylation is 1. The average Bonchev–Trinajstić information content (AvgIpc) is 2.80. The lowest BCUT2D eigenvalue weighted by atomic mass is 10.2. The Balaban J connectivity index is 2.03. The zero-order valence-corrected chi connectivity index (χ0v) is 11.6. The van der Waals surface area contributed by atoms with Gasteiger partial charge >= 0.3 is 0 Å². The van der Waals surface area contributed by atoms with Crippen molar-refractivity contribution < 1.29 is 0 Å². The molecule has 0 radical (unpaired) electrons. The van der Waals surface area contributed by atoms with Crippen LogP contribution >= 0.6 is 23.3 Å². The Labute approximate surface area is 110 Å². The molecule has 0 saturated carbocycles. The molecule has 0 aliphatic carbocycles. The fourth-order valence-corrected chi connectivity index (χ4v) is 3.08. The first-order chi connectivity index (χ1) is 8.31. The van der Waals surface area contributed by atoms with Crippen molar-refractivity contribution in [2.45, 2.75) is 29.1 Å². The molecule has 3 nitrogen and oxygen atoms in total. The molecule has 0 aliphatic rings. The number of benzene rings is 1. The summed E-state index contributed by atoms with van der Waals surface area (Å²) < 4.78 is 5.29. The molecule has 0 unspecified atom stereocenters. The molecule has 0 amide bonds. The summed E-state index contributed by atoms with van der Waals surface area (Å²) in [5.74, 6) is 0.935. The first kappa shape index (κ1) is 12.5. The van der Waals surface area contributed by atoms with E-state index < -0.39 is 0 Å². The number of rotatable bonds is 5. The molecule has 1 aromatic heterocycles. The van der Waals surface area contributed by atoms with Gasteiger partial charge in [-0.1, -0.05) is 30.8 Å². The predicted molar refractivity (Wildman–Crippen MR) is 72.6 cm³/mol. The summed E-state index contributed by atoms with van der Waals surface area (Å²) in [5.41, 5.74) is 1.29. The third-order valence-corrected chi connectivity index (χ3v) is 4.07. The molecule has 1 N–H and O–H groups in total. The van der Waals surface area contributed by atoms with Crippen LogP contribution in [0.5, 0.6) is 0 Å². The van der Waals surface area contributed by atoms with Crippen molar-refractivity contribution in [2.24, 2.45) is 0 Å². The Morgan fingerprint density at radius 3 is 2.65 bits per heavy atom. The second-order valence-electron chi connectivity index (χ2n) is 3.61. The second-order valence-corrected chi connectivity index (χ2v) is 5.68. The highest BCUT2D eigenvalue weighted by molar-refractivity contribution is 8.01. The molecule has 0 saturated heterocycles. The zero-order chi connectivity index (χ0) is 12.1. The van der Waals surface area contributed by atoms with Crippen LogP contribution < -0.4 is 5.32 Å². The number of nitrogens with one attached hydrogen (secondary N) is 1. The first-order valence-corrected chi connectivity index (χ1v) is 7.14. The highest BCUT2D eigenvalue weighted by Crippen LogP contribution is 2.29. The van der Waals surface area contributed by atoms with Crippen LogP contribution in [0, 0.1) is 0 Å². The van der Waals surface area contributed by atoms with E-state index in [9.17, 15) is 0 Å². The topological polar surface area (TPSA) is 37.8 Å². The van der Waals surface area contributed by atoms with Crippen LogP contribution in [0.2, 0.25) is 0 Å². The molecule has 0 bridgehead atoms. The molecule has 1 aromatic carbocycles. The molecule has 0 aliphatic heterocycles. The molecule has 2 rings (SSSR count). The van der Waals surface area contributed by atoms with Crippen molar-refractivity contribution in [1.29, 1.82) is 0 Å². The number of nitrogens with zero attached hydrogens (tertiary/aromatic N) is 2. The normalized spacial score (nSPS) is 10.7. The van der Waals surface area contributed by atoms with Gasteiger partial charge in [0, 0.05) is 17.9 Å². The van der Waals surface area contributed by atoms with Crippen LogP contribution in [-0.4, -0.2) is 16.4 Å². The van der Waals surface area contributed by atoms with Gasteiger partial charge in [-0.2, -0.15) is 4.37 Å². The Morgan fingerprint density at radius 2 is 2.06 bits per heavy atom. The largest absolute Gasteiger partial charge is 0.316 e. The maximum Gasteiger partial charge on any atom is 0.174 e. The van der Waals surface area contributed by atoms with E-state index in [1.165, 1.54) is 22.0 Å². The van der Waals surface area contributed by atoms with E-state index in [0.717, 1.165) is 23.1 Å². The summed E-state index contributed by atoms with van der Waals surface area (Å²) in [4.78, 5) is 5.65. The number of aromatic nitrogens is 2. The molecular weight excluding hydrogens is 250 g/mol.